The van der Waals surface area contributed by atoms with E-state index in [-0.39, 0.29) is 11.7 Å². The first-order valence-corrected chi connectivity index (χ1v) is 10.6. The van der Waals surface area contributed by atoms with Gasteiger partial charge >= 0.3 is 0 Å². The molecular weight excluding hydrogens is 352 g/mol. The number of hydrogen-bond donors (Lipinski definition) is 2. The average molecular weight is 376 g/mol. The highest BCUT2D eigenvalue weighted by molar-refractivity contribution is 7.90. The van der Waals surface area contributed by atoms with Crippen molar-refractivity contribution in [1.29, 1.82) is 0 Å². The molecule has 1 aromatic rings. The van der Waals surface area contributed by atoms with Gasteiger partial charge in [0, 0.05) is 6.42 Å². The van der Waals surface area contributed by atoms with Crippen LogP contribution in [0.1, 0.15) is 44.2 Å². The van der Waals surface area contributed by atoms with Gasteiger partial charge in [0.15, 0.2) is 0 Å². The molecule has 3 heterocycles. The Bertz CT molecular complexity index is 846. The molecule has 26 heavy (non-hydrogen) atoms. The summed E-state index contributed by atoms with van der Waals surface area (Å²) in [4.78, 5) is 12.9. The fraction of sp³-hybridized carbons (Fsp3) is 0.526. The molecule has 2 bridgehead atoms. The Morgan fingerprint density at radius 2 is 1.92 bits per heavy atom. The third-order valence-electron chi connectivity index (χ3n) is 5.71. The molecule has 2 N–H and O–H groups in total. The Morgan fingerprint density at radius 3 is 2.42 bits per heavy atom. The first kappa shape index (κ1) is 17.7. The molecule has 5 rings (SSSR count). The van der Waals surface area contributed by atoms with Gasteiger partial charge in [-0.25, -0.2) is 8.42 Å². The zero-order chi connectivity index (χ0) is 18.6. The van der Waals surface area contributed by atoms with Gasteiger partial charge in [-0.3, -0.25) is 14.8 Å². The van der Waals surface area contributed by atoms with Crippen molar-refractivity contribution in [2.24, 2.45) is 0 Å². The number of hydrogen-bond acceptors (Lipinski definition) is 5. The monoisotopic (exact) mass is 376 g/mol. The van der Waals surface area contributed by atoms with Crippen LogP contribution >= 0.6 is 0 Å². The number of sulfonamides is 1. The molecular formula is C19H24N2O4S. The summed E-state index contributed by atoms with van der Waals surface area (Å²) < 4.78 is 32.5. The van der Waals surface area contributed by atoms with Crippen molar-refractivity contribution in [2.45, 2.75) is 55.6 Å². The van der Waals surface area contributed by atoms with Gasteiger partial charge in [0.25, 0.3) is 5.91 Å². The lowest BCUT2D eigenvalue weighted by Gasteiger charge is -2.39. The quantitative estimate of drug-likeness (QED) is 0.764. The molecule has 1 aliphatic carbocycles. The number of ether oxygens (including phenoxy) is 1. The predicted molar refractivity (Wildman–Crippen MR) is 97.9 cm³/mol. The van der Waals surface area contributed by atoms with Crippen LogP contribution in [-0.4, -0.2) is 32.2 Å². The fourth-order valence-electron chi connectivity index (χ4n) is 4.00. The molecule has 0 saturated carbocycles. The SMILES string of the molecule is CC(C)S(=O)(=O)NC(=O)[C@]1(c2ccc(C34C=CC(C3)O4)cc2)CCCN1. The van der Waals surface area contributed by atoms with Gasteiger partial charge in [0.1, 0.15) is 11.1 Å². The first-order valence-electron chi connectivity index (χ1n) is 9.07. The van der Waals surface area contributed by atoms with Crippen LogP contribution < -0.4 is 10.0 Å². The van der Waals surface area contributed by atoms with Crippen LogP contribution in [0.15, 0.2) is 36.4 Å². The number of amides is 1. The Balaban J connectivity index is 1.62. The van der Waals surface area contributed by atoms with Crippen LogP contribution in [0.2, 0.25) is 0 Å². The van der Waals surface area contributed by atoms with Gasteiger partial charge in [0.2, 0.25) is 10.0 Å². The third-order valence-corrected chi connectivity index (χ3v) is 7.42. The highest BCUT2D eigenvalue weighted by Crippen LogP contribution is 2.49. The molecule has 2 saturated heterocycles. The second-order valence-corrected chi connectivity index (χ2v) is 9.88. The lowest BCUT2D eigenvalue weighted by molar-refractivity contribution is -0.140. The van der Waals surface area contributed by atoms with E-state index in [4.69, 9.17) is 4.74 Å². The van der Waals surface area contributed by atoms with Crippen LogP contribution in [0, 0.1) is 0 Å². The molecule has 0 radical (unpaired) electrons. The number of benzene rings is 1. The van der Waals surface area contributed by atoms with Crippen LogP contribution in [-0.2, 0) is 30.7 Å². The summed E-state index contributed by atoms with van der Waals surface area (Å²) in [5.41, 5.74) is 0.522. The molecule has 7 heteroatoms. The Labute approximate surface area is 154 Å². The van der Waals surface area contributed by atoms with E-state index < -0.39 is 26.7 Å². The fourth-order valence-corrected chi connectivity index (χ4v) is 4.67. The molecule has 6 nitrogen and oxygen atoms in total. The smallest absolute Gasteiger partial charge is 0.258 e. The third kappa shape index (κ3) is 2.61. The topological polar surface area (TPSA) is 84.5 Å². The molecule has 0 spiro atoms. The number of carbonyl (C=O) groups excluding carboxylic acids is 1. The molecule has 2 fully saturated rings. The largest absolute Gasteiger partial charge is 0.359 e. The van der Waals surface area contributed by atoms with Gasteiger partial charge in [-0.1, -0.05) is 30.3 Å². The summed E-state index contributed by atoms with van der Waals surface area (Å²) >= 11 is 0. The van der Waals surface area contributed by atoms with Crippen molar-refractivity contribution >= 4 is 15.9 Å². The van der Waals surface area contributed by atoms with E-state index in [1.807, 2.05) is 24.3 Å². The number of rotatable bonds is 5. The Kier molecular flexibility index (Phi) is 4.02. The predicted octanol–water partition coefficient (Wildman–Crippen LogP) is 1.67. The van der Waals surface area contributed by atoms with Gasteiger partial charge in [-0.05, 0) is 50.4 Å². The van der Waals surface area contributed by atoms with E-state index in [2.05, 4.69) is 22.2 Å². The second-order valence-electron chi connectivity index (χ2n) is 7.65. The minimum absolute atomic E-state index is 0.226. The molecule has 0 aromatic heterocycles. The highest BCUT2D eigenvalue weighted by Gasteiger charge is 2.49. The minimum Gasteiger partial charge on any atom is -0.359 e. The zero-order valence-corrected chi connectivity index (χ0v) is 15.8. The maximum atomic E-state index is 12.9. The minimum atomic E-state index is -3.67. The van der Waals surface area contributed by atoms with Crippen LogP contribution in [0.5, 0.6) is 0 Å². The molecule has 3 atom stereocenters. The van der Waals surface area contributed by atoms with Gasteiger partial charge in [0.05, 0.1) is 11.4 Å². The van der Waals surface area contributed by atoms with Crippen molar-refractivity contribution in [3.8, 4) is 0 Å². The standard InChI is InChI=1S/C19H24N2O4S/c1-13(2)26(23,24)21-17(22)19(9-3-11-20-19)15-6-4-14(5-7-15)18-10-8-16(12-18)25-18/h4-8,10,13,16,20H,3,9,11-12H2,1-2H3,(H,21,22)/t16?,18?,19-/m1/s1. The summed E-state index contributed by atoms with van der Waals surface area (Å²) in [6, 6.07) is 7.78. The second kappa shape index (κ2) is 5.90. The highest BCUT2D eigenvalue weighted by atomic mass is 32.2. The molecule has 4 aliphatic rings. The van der Waals surface area contributed by atoms with E-state index in [1.54, 1.807) is 13.8 Å². The van der Waals surface area contributed by atoms with Crippen molar-refractivity contribution in [3.05, 3.63) is 47.5 Å². The van der Waals surface area contributed by atoms with Gasteiger partial charge in [-0.15, -0.1) is 0 Å². The van der Waals surface area contributed by atoms with E-state index in [0.717, 1.165) is 24.0 Å². The molecule has 140 valence electrons. The average Bonchev–Trinajstić information content (AvgIpc) is 3.30. The summed E-state index contributed by atoms with van der Waals surface area (Å²) in [7, 11) is -3.67. The van der Waals surface area contributed by atoms with Crippen LogP contribution in [0.4, 0.5) is 0 Å². The van der Waals surface area contributed by atoms with E-state index >= 15 is 0 Å². The van der Waals surface area contributed by atoms with Crippen molar-refractivity contribution in [1.82, 2.24) is 10.0 Å². The number of carbonyl (C=O) groups is 1. The van der Waals surface area contributed by atoms with Crippen LogP contribution in [0.3, 0.4) is 0 Å². The van der Waals surface area contributed by atoms with Crippen molar-refractivity contribution < 1.29 is 17.9 Å². The summed E-state index contributed by atoms with van der Waals surface area (Å²) in [5.74, 6) is -0.504. The van der Waals surface area contributed by atoms with Crippen molar-refractivity contribution in [2.75, 3.05) is 6.54 Å². The maximum absolute atomic E-state index is 12.9. The normalized spacial score (nSPS) is 32.7. The Hall–Kier alpha value is -1.70. The van der Waals surface area contributed by atoms with Gasteiger partial charge < -0.3 is 4.74 Å². The summed E-state index contributed by atoms with van der Waals surface area (Å²) in [5, 5.41) is 2.57. The van der Waals surface area contributed by atoms with Crippen molar-refractivity contribution in [3.63, 3.8) is 0 Å². The maximum Gasteiger partial charge on any atom is 0.258 e. The lowest BCUT2D eigenvalue weighted by Crippen LogP contribution is -2.53. The molecule has 2 unspecified atom stereocenters. The Morgan fingerprint density at radius 1 is 1.27 bits per heavy atom. The lowest BCUT2D eigenvalue weighted by atomic mass is 9.83. The van der Waals surface area contributed by atoms with Crippen LogP contribution in [0.25, 0.3) is 0 Å². The van der Waals surface area contributed by atoms with E-state index in [0.29, 0.717) is 13.0 Å². The molecule has 1 aromatic carbocycles. The number of nitrogens with one attached hydrogen (secondary N) is 2. The first-order chi connectivity index (χ1) is 12.3. The van der Waals surface area contributed by atoms with Gasteiger partial charge in [-0.2, -0.15) is 0 Å². The zero-order valence-electron chi connectivity index (χ0n) is 15.0. The van der Waals surface area contributed by atoms with E-state index in [9.17, 15) is 13.2 Å². The molecule has 3 aliphatic heterocycles. The molecule has 1 amide bonds. The van der Waals surface area contributed by atoms with E-state index in [1.165, 1.54) is 0 Å². The summed E-state index contributed by atoms with van der Waals surface area (Å²) in [6.07, 6.45) is 6.74. The summed E-state index contributed by atoms with van der Waals surface area (Å²) in [6.45, 7) is 3.79.